The molecular formula is C34H39N3O5S. The molecule has 2 N–H and O–H groups in total. The molecule has 1 fully saturated rings. The molecule has 226 valence electrons. The van der Waals surface area contributed by atoms with E-state index in [4.69, 9.17) is 14.5 Å². The van der Waals surface area contributed by atoms with Gasteiger partial charge in [0.25, 0.3) is 5.24 Å². The summed E-state index contributed by atoms with van der Waals surface area (Å²) in [5, 5.41) is 12.8. The Hall–Kier alpha value is -3.98. The lowest BCUT2D eigenvalue weighted by atomic mass is 9.81. The number of imide groups is 1. The first-order valence-electron chi connectivity index (χ1n) is 14.3. The Morgan fingerprint density at radius 3 is 2.19 bits per heavy atom. The molecule has 2 amide bonds. The van der Waals surface area contributed by atoms with E-state index in [0.717, 1.165) is 51.1 Å². The second-order valence-corrected chi connectivity index (χ2v) is 14.9. The van der Waals surface area contributed by atoms with E-state index in [1.807, 2.05) is 66.2 Å². The predicted octanol–water partition coefficient (Wildman–Crippen LogP) is 7.53. The summed E-state index contributed by atoms with van der Waals surface area (Å²) in [6, 6.07) is 17.2. The lowest BCUT2D eigenvalue weighted by Gasteiger charge is -2.27. The van der Waals surface area contributed by atoms with Crippen molar-refractivity contribution in [3.8, 4) is 23.0 Å². The van der Waals surface area contributed by atoms with Gasteiger partial charge in [0.1, 0.15) is 40.2 Å². The molecule has 0 bridgehead atoms. The fourth-order valence-electron chi connectivity index (χ4n) is 5.24. The van der Waals surface area contributed by atoms with Gasteiger partial charge in [-0.1, -0.05) is 53.7 Å². The minimum atomic E-state index is -0.805. The van der Waals surface area contributed by atoms with E-state index in [2.05, 4.69) is 46.9 Å². The van der Waals surface area contributed by atoms with Gasteiger partial charge in [0, 0.05) is 24.2 Å². The van der Waals surface area contributed by atoms with E-state index in [9.17, 15) is 14.7 Å². The second kappa shape index (κ2) is 10.9. The minimum absolute atomic E-state index is 0.232. The quantitative estimate of drug-likeness (QED) is 0.226. The number of aromatic nitrogens is 2. The normalized spacial score (nSPS) is 17.4. The van der Waals surface area contributed by atoms with Gasteiger partial charge in [0.2, 0.25) is 5.91 Å². The largest absolute Gasteiger partial charge is 0.508 e. The van der Waals surface area contributed by atoms with Crippen LogP contribution in [0.5, 0.6) is 23.0 Å². The molecule has 0 aliphatic carbocycles. The number of fused-ring (bicyclic) bond motifs is 1. The maximum atomic E-state index is 12.2. The zero-order chi connectivity index (χ0) is 31.3. The van der Waals surface area contributed by atoms with E-state index in [-0.39, 0.29) is 34.3 Å². The van der Waals surface area contributed by atoms with Crippen molar-refractivity contribution in [1.29, 1.82) is 0 Å². The molecular weight excluding hydrogens is 562 g/mol. The number of imidazole rings is 1. The Kier molecular flexibility index (Phi) is 7.75. The number of carbonyl (C=O) groups is 2. The topological polar surface area (TPSA) is 103 Å². The minimum Gasteiger partial charge on any atom is -0.508 e. The summed E-state index contributed by atoms with van der Waals surface area (Å²) in [5.74, 6) is 2.86. The number of nitrogens with one attached hydrogen (secondary N) is 1. The van der Waals surface area contributed by atoms with Crippen LogP contribution in [-0.4, -0.2) is 30.6 Å². The molecule has 4 aromatic rings. The van der Waals surface area contributed by atoms with Crippen LogP contribution in [0.15, 0.2) is 54.6 Å². The number of aromatic hydroxyl groups is 1. The number of amides is 2. The molecule has 1 aromatic heterocycles. The average molecular weight is 602 g/mol. The molecule has 1 saturated heterocycles. The Bertz CT molecular complexity index is 1710. The van der Waals surface area contributed by atoms with Gasteiger partial charge in [-0.2, -0.15) is 0 Å². The summed E-state index contributed by atoms with van der Waals surface area (Å²) >= 11 is 1.03. The summed E-state index contributed by atoms with van der Waals surface area (Å²) in [4.78, 5) is 28.6. The number of rotatable bonds is 7. The Morgan fingerprint density at radius 1 is 0.930 bits per heavy atom. The van der Waals surface area contributed by atoms with Crippen LogP contribution in [0.4, 0.5) is 4.79 Å². The molecule has 0 saturated carbocycles. The molecule has 9 heteroatoms. The van der Waals surface area contributed by atoms with Crippen molar-refractivity contribution < 1.29 is 24.2 Å². The second-order valence-electron chi connectivity index (χ2n) is 13.4. The van der Waals surface area contributed by atoms with Crippen LogP contribution in [0, 0.1) is 0 Å². The number of benzene rings is 3. The van der Waals surface area contributed by atoms with Gasteiger partial charge in [-0.25, -0.2) is 4.98 Å². The highest BCUT2D eigenvalue weighted by Crippen LogP contribution is 2.42. The number of carbonyl (C=O) groups excluding carboxylic acids is 2. The average Bonchev–Trinajstić information content (AvgIpc) is 3.36. The van der Waals surface area contributed by atoms with Gasteiger partial charge < -0.3 is 19.1 Å². The third-order valence-electron chi connectivity index (χ3n) is 7.73. The first kappa shape index (κ1) is 30.5. The van der Waals surface area contributed by atoms with Crippen LogP contribution >= 0.6 is 11.8 Å². The van der Waals surface area contributed by atoms with E-state index < -0.39 is 4.75 Å². The molecule has 2 heterocycles. The molecule has 0 unspecified atom stereocenters. The molecule has 1 aliphatic rings. The van der Waals surface area contributed by atoms with Crippen LogP contribution in [0.3, 0.4) is 0 Å². The van der Waals surface area contributed by atoms with E-state index >= 15 is 0 Å². The van der Waals surface area contributed by atoms with Crippen LogP contribution in [-0.2, 0) is 35.7 Å². The number of thioether (sulfide) groups is 1. The molecule has 8 nitrogen and oxygen atoms in total. The summed E-state index contributed by atoms with van der Waals surface area (Å²) in [7, 11) is 1.95. The number of phenolic OH excluding ortho intramolecular Hbond substituents is 1. The van der Waals surface area contributed by atoms with Crippen molar-refractivity contribution in [2.45, 2.75) is 77.1 Å². The molecule has 1 atom stereocenters. The maximum Gasteiger partial charge on any atom is 0.286 e. The Balaban J connectivity index is 1.33. The lowest BCUT2D eigenvalue weighted by Crippen LogP contribution is -2.35. The fourth-order valence-corrected chi connectivity index (χ4v) is 6.17. The summed E-state index contributed by atoms with van der Waals surface area (Å²) in [5.41, 5.74) is 3.96. The molecule has 43 heavy (non-hydrogen) atoms. The highest BCUT2D eigenvalue weighted by molar-refractivity contribution is 8.16. The number of aryl methyl sites for hydroxylation is 1. The fraction of sp³-hybridized carbons (Fsp3) is 0.382. The van der Waals surface area contributed by atoms with Crippen molar-refractivity contribution in [2.75, 3.05) is 0 Å². The zero-order valence-electron chi connectivity index (χ0n) is 26.0. The summed E-state index contributed by atoms with van der Waals surface area (Å²) in [6.45, 7) is 14.6. The SMILES string of the molecule is Cn1c(COc2ccc(C[C@@]3(C)SC(=O)NC3=O)cc2)nc2ccc(Oc3cc(C(C)(C)C)c(O)cc3C(C)(C)C)cc21. The number of ether oxygens (including phenoxy) is 2. The first-order valence-corrected chi connectivity index (χ1v) is 15.1. The van der Waals surface area contributed by atoms with Gasteiger partial charge >= 0.3 is 0 Å². The van der Waals surface area contributed by atoms with Crippen molar-refractivity contribution >= 4 is 33.9 Å². The van der Waals surface area contributed by atoms with Crippen LogP contribution in [0.1, 0.15) is 71.0 Å². The van der Waals surface area contributed by atoms with Gasteiger partial charge in [0.05, 0.1) is 11.0 Å². The van der Waals surface area contributed by atoms with Crippen LogP contribution < -0.4 is 14.8 Å². The molecule has 0 radical (unpaired) electrons. The van der Waals surface area contributed by atoms with Gasteiger partial charge in [-0.05, 0) is 77.9 Å². The molecule has 3 aromatic carbocycles. The van der Waals surface area contributed by atoms with E-state index in [1.54, 1.807) is 6.92 Å². The number of phenols is 1. The number of hydrogen-bond donors (Lipinski definition) is 2. The van der Waals surface area contributed by atoms with Crippen LogP contribution in [0.2, 0.25) is 0 Å². The predicted molar refractivity (Wildman–Crippen MR) is 170 cm³/mol. The Labute approximate surface area is 256 Å². The summed E-state index contributed by atoms with van der Waals surface area (Å²) < 4.78 is 13.7. The molecule has 0 spiro atoms. The lowest BCUT2D eigenvalue weighted by molar-refractivity contribution is -0.121. The Morgan fingerprint density at radius 2 is 1.58 bits per heavy atom. The van der Waals surface area contributed by atoms with E-state index in [1.165, 1.54) is 0 Å². The number of nitrogens with zero attached hydrogens (tertiary/aromatic N) is 2. The first-order chi connectivity index (χ1) is 20.0. The third-order valence-corrected chi connectivity index (χ3v) is 8.80. The van der Waals surface area contributed by atoms with Crippen molar-refractivity contribution in [2.24, 2.45) is 7.05 Å². The molecule has 1 aliphatic heterocycles. The van der Waals surface area contributed by atoms with Crippen molar-refractivity contribution in [1.82, 2.24) is 14.9 Å². The van der Waals surface area contributed by atoms with Gasteiger partial charge in [-0.3, -0.25) is 14.9 Å². The van der Waals surface area contributed by atoms with Gasteiger partial charge in [-0.15, -0.1) is 0 Å². The van der Waals surface area contributed by atoms with E-state index in [0.29, 0.717) is 17.9 Å². The summed E-state index contributed by atoms with van der Waals surface area (Å²) in [6.07, 6.45) is 0.448. The maximum absolute atomic E-state index is 12.2. The molecule has 5 rings (SSSR count). The van der Waals surface area contributed by atoms with Gasteiger partial charge in [0.15, 0.2) is 0 Å². The smallest absolute Gasteiger partial charge is 0.286 e. The monoisotopic (exact) mass is 601 g/mol. The van der Waals surface area contributed by atoms with Crippen LogP contribution in [0.25, 0.3) is 11.0 Å². The highest BCUT2D eigenvalue weighted by atomic mass is 32.2. The zero-order valence-corrected chi connectivity index (χ0v) is 26.8. The van der Waals surface area contributed by atoms with Crippen molar-refractivity contribution in [3.63, 3.8) is 0 Å². The van der Waals surface area contributed by atoms with Crippen molar-refractivity contribution in [3.05, 3.63) is 77.1 Å². The third kappa shape index (κ3) is 6.37. The number of hydrogen-bond acceptors (Lipinski definition) is 7. The standard InChI is InChI=1S/C34H39N3O5S/c1-32(2,3)23-17-28(24(16-27(23)38)33(4,5)6)42-22-13-14-25-26(15-22)37(8)29(35-25)19-41-21-11-9-20(10-12-21)18-34(7)30(39)36-31(40)43-34/h9-17,38H,18-19H2,1-8H3,(H,36,39,40)/t34-/m1/s1. The highest BCUT2D eigenvalue weighted by Gasteiger charge is 2.43.